The predicted octanol–water partition coefficient (Wildman–Crippen LogP) is 2.03. The Balaban J connectivity index is 1.54. The van der Waals surface area contributed by atoms with Crippen LogP contribution >= 0.6 is 0 Å². The summed E-state index contributed by atoms with van der Waals surface area (Å²) >= 11 is 0. The Morgan fingerprint density at radius 1 is 1.24 bits per heavy atom. The number of nitrogens with one attached hydrogen (secondary N) is 2. The second kappa shape index (κ2) is 11.9. The van der Waals surface area contributed by atoms with Crippen LogP contribution in [0.2, 0.25) is 0 Å². The van der Waals surface area contributed by atoms with E-state index in [2.05, 4.69) is 25.6 Å². The Morgan fingerprint density at radius 3 is 2.86 bits per heavy atom. The van der Waals surface area contributed by atoms with Crippen LogP contribution in [-0.2, 0) is 16.1 Å². The molecular weight excluding hydrogens is 476 g/mol. The highest BCUT2D eigenvalue weighted by Gasteiger charge is 2.21. The van der Waals surface area contributed by atoms with Gasteiger partial charge in [0.1, 0.15) is 17.9 Å². The molecule has 1 aliphatic heterocycles. The molecule has 3 heterocycles. The molecule has 0 aliphatic carbocycles. The molecule has 192 valence electrons. The Hall–Kier alpha value is -4.54. The van der Waals surface area contributed by atoms with Gasteiger partial charge in [-0.25, -0.2) is 4.98 Å². The van der Waals surface area contributed by atoms with E-state index in [9.17, 15) is 14.4 Å². The monoisotopic (exact) mass is 504 g/mol. The van der Waals surface area contributed by atoms with Gasteiger partial charge in [-0.1, -0.05) is 6.08 Å². The Kier molecular flexibility index (Phi) is 8.24. The fraction of sp³-hybridized carbons (Fsp3) is 0.308. The second-order valence-electron chi connectivity index (χ2n) is 8.16. The molecule has 0 bridgehead atoms. The van der Waals surface area contributed by atoms with Crippen LogP contribution in [-0.4, -0.2) is 58.9 Å². The maximum Gasteiger partial charge on any atom is 0.281 e. The molecule has 2 N–H and O–H groups in total. The number of carbonyl (C=O) groups excluding carboxylic acids is 3. The second-order valence-corrected chi connectivity index (χ2v) is 8.16. The zero-order valence-corrected chi connectivity index (χ0v) is 20.7. The average molecular weight is 505 g/mol. The Bertz CT molecular complexity index is 1410. The smallest absolute Gasteiger partial charge is 0.281 e. The van der Waals surface area contributed by atoms with Crippen molar-refractivity contribution >= 4 is 34.3 Å². The number of hydrogen-bond acceptors (Lipinski definition) is 8. The van der Waals surface area contributed by atoms with Gasteiger partial charge < -0.3 is 20.1 Å². The van der Waals surface area contributed by atoms with E-state index in [1.54, 1.807) is 37.4 Å². The first kappa shape index (κ1) is 25.5. The van der Waals surface area contributed by atoms with Crippen molar-refractivity contribution in [3.63, 3.8) is 0 Å². The van der Waals surface area contributed by atoms with Crippen molar-refractivity contribution in [3.8, 4) is 11.5 Å². The maximum absolute atomic E-state index is 12.7. The van der Waals surface area contributed by atoms with Gasteiger partial charge in [0, 0.05) is 43.7 Å². The summed E-state index contributed by atoms with van der Waals surface area (Å²) in [7, 11) is 1.51. The minimum absolute atomic E-state index is 0.0883. The first-order valence-corrected chi connectivity index (χ1v) is 11.9. The minimum atomic E-state index is -0.448. The fourth-order valence-corrected chi connectivity index (χ4v) is 3.94. The number of ether oxygens (including phenoxy) is 2. The van der Waals surface area contributed by atoms with Crippen LogP contribution in [0.4, 0.5) is 5.82 Å². The summed E-state index contributed by atoms with van der Waals surface area (Å²) in [5, 5.41) is 6.86. The number of carbonyl (C=O) groups is 3. The van der Waals surface area contributed by atoms with Crippen molar-refractivity contribution < 1.29 is 23.9 Å². The van der Waals surface area contributed by atoms with E-state index in [0.717, 1.165) is 11.2 Å². The van der Waals surface area contributed by atoms with Gasteiger partial charge >= 0.3 is 0 Å². The summed E-state index contributed by atoms with van der Waals surface area (Å²) in [5.41, 5.74) is 1.10. The molecule has 3 aromatic rings. The highest BCUT2D eigenvalue weighted by atomic mass is 16.5. The van der Waals surface area contributed by atoms with E-state index in [4.69, 9.17) is 9.47 Å². The predicted molar refractivity (Wildman–Crippen MR) is 136 cm³/mol. The summed E-state index contributed by atoms with van der Waals surface area (Å²) in [6, 6.07) is 6.96. The molecular formula is C26H28N6O5. The van der Waals surface area contributed by atoms with Crippen LogP contribution < -0.4 is 25.7 Å². The Morgan fingerprint density at radius 2 is 2.11 bits per heavy atom. The highest BCUT2D eigenvalue weighted by Crippen LogP contribution is 2.37. The topological polar surface area (TPSA) is 137 Å². The number of methoxy groups -OCH3 is 1. The van der Waals surface area contributed by atoms with E-state index in [0.29, 0.717) is 35.7 Å². The van der Waals surface area contributed by atoms with Crippen LogP contribution in [0.25, 0.3) is 10.9 Å². The third kappa shape index (κ3) is 6.00. The van der Waals surface area contributed by atoms with Gasteiger partial charge in [0.25, 0.3) is 5.91 Å². The summed E-state index contributed by atoms with van der Waals surface area (Å²) in [6.07, 6.45) is 6.43. The number of amides is 2. The number of nitrogens with zero attached hydrogens (tertiary/aromatic N) is 4. The van der Waals surface area contributed by atoms with Gasteiger partial charge in [0.05, 0.1) is 19.2 Å². The molecule has 0 fully saturated rings. The minimum Gasteiger partial charge on any atom is -0.491 e. The molecule has 4 rings (SSSR count). The van der Waals surface area contributed by atoms with Crippen LogP contribution in [0.15, 0.2) is 53.8 Å². The standard InChI is InChI=1S/C26H28N6O5/c1-3-5-18(33)7-10-21(34)28-13-15-37-20-9-8-19-22(23(20)36-2)30-26(32-14-12-29-24(19)32)31-25(35)17-6-4-11-27-16-17/h3-6,8-9,11,16,29H,7,10,12-15H2,1-2H3,(H,28,34)/b5-3+,31-26?. The third-order valence-corrected chi connectivity index (χ3v) is 5.65. The highest BCUT2D eigenvalue weighted by molar-refractivity contribution is 5.96. The zero-order valence-electron chi connectivity index (χ0n) is 20.7. The molecule has 0 spiro atoms. The van der Waals surface area contributed by atoms with Crippen molar-refractivity contribution in [2.75, 3.05) is 32.1 Å². The molecule has 0 unspecified atom stereocenters. The van der Waals surface area contributed by atoms with Crippen molar-refractivity contribution in [2.24, 2.45) is 4.99 Å². The first-order chi connectivity index (χ1) is 18.0. The lowest BCUT2D eigenvalue weighted by molar-refractivity contribution is -0.123. The van der Waals surface area contributed by atoms with Gasteiger partial charge in [0.15, 0.2) is 17.3 Å². The molecule has 1 aliphatic rings. The number of benzene rings is 1. The number of allylic oxidation sites excluding steroid dienone is 2. The summed E-state index contributed by atoms with van der Waals surface area (Å²) in [4.78, 5) is 49.1. The Labute approximate surface area is 213 Å². The fourth-order valence-electron chi connectivity index (χ4n) is 3.94. The number of fused-ring (bicyclic) bond motifs is 3. The number of aromatic nitrogens is 3. The molecule has 0 saturated heterocycles. The van der Waals surface area contributed by atoms with Crippen LogP contribution in [0.3, 0.4) is 0 Å². The van der Waals surface area contributed by atoms with Gasteiger partial charge in [-0.05, 0) is 37.3 Å². The summed E-state index contributed by atoms with van der Waals surface area (Å²) in [5.74, 6) is 0.852. The van der Waals surface area contributed by atoms with Crippen LogP contribution in [0.1, 0.15) is 30.1 Å². The van der Waals surface area contributed by atoms with E-state index < -0.39 is 5.91 Å². The molecule has 0 atom stereocenters. The van der Waals surface area contributed by atoms with E-state index in [1.807, 2.05) is 10.6 Å². The summed E-state index contributed by atoms with van der Waals surface area (Å²) in [6.45, 7) is 3.48. The van der Waals surface area contributed by atoms with Crippen LogP contribution in [0, 0.1) is 0 Å². The molecule has 0 saturated carbocycles. The quantitative estimate of drug-likeness (QED) is 0.316. The number of ketones is 1. The number of hydrogen-bond donors (Lipinski definition) is 2. The number of pyridine rings is 1. The average Bonchev–Trinajstić information content (AvgIpc) is 3.41. The van der Waals surface area contributed by atoms with E-state index in [-0.39, 0.29) is 43.3 Å². The van der Waals surface area contributed by atoms with E-state index in [1.165, 1.54) is 19.4 Å². The van der Waals surface area contributed by atoms with Crippen molar-refractivity contribution in [3.05, 3.63) is 60.0 Å². The largest absolute Gasteiger partial charge is 0.491 e. The van der Waals surface area contributed by atoms with Crippen molar-refractivity contribution in [2.45, 2.75) is 26.3 Å². The van der Waals surface area contributed by atoms with E-state index >= 15 is 0 Å². The van der Waals surface area contributed by atoms with Crippen molar-refractivity contribution in [1.82, 2.24) is 19.9 Å². The lowest BCUT2D eigenvalue weighted by Gasteiger charge is -2.15. The SMILES string of the molecule is C/C=C/C(=O)CCC(=O)NCCOc1ccc2c3n(c(=NC(=O)c4cccnc4)nc2c1OC)CCN3. The van der Waals surface area contributed by atoms with Gasteiger partial charge in [-0.15, -0.1) is 0 Å². The van der Waals surface area contributed by atoms with Gasteiger partial charge in [-0.2, -0.15) is 4.99 Å². The van der Waals surface area contributed by atoms with Crippen LogP contribution in [0.5, 0.6) is 11.5 Å². The maximum atomic E-state index is 12.7. The molecule has 2 amide bonds. The number of anilines is 1. The zero-order chi connectivity index (χ0) is 26.2. The molecule has 0 radical (unpaired) electrons. The number of rotatable bonds is 10. The summed E-state index contributed by atoms with van der Waals surface area (Å²) < 4.78 is 13.4. The lowest BCUT2D eigenvalue weighted by Crippen LogP contribution is -2.28. The molecule has 2 aromatic heterocycles. The third-order valence-electron chi connectivity index (χ3n) is 5.65. The first-order valence-electron chi connectivity index (χ1n) is 11.9. The normalized spacial score (nSPS) is 12.9. The molecule has 11 nitrogen and oxygen atoms in total. The van der Waals surface area contributed by atoms with Crippen molar-refractivity contribution in [1.29, 1.82) is 0 Å². The lowest BCUT2D eigenvalue weighted by atomic mass is 10.2. The molecule has 11 heteroatoms. The van der Waals surface area contributed by atoms with Gasteiger partial charge in [0.2, 0.25) is 11.5 Å². The van der Waals surface area contributed by atoms with Gasteiger partial charge in [-0.3, -0.25) is 23.9 Å². The molecule has 37 heavy (non-hydrogen) atoms. The molecule has 1 aromatic carbocycles.